The second-order valence-electron chi connectivity index (χ2n) is 5.73. The Kier molecular flexibility index (Phi) is 2.54. The summed E-state index contributed by atoms with van der Waals surface area (Å²) in [7, 11) is 0. The molecule has 86 valence electrons. The molecule has 0 spiro atoms. The molecule has 3 heteroatoms. The molecular weight excluding hydrogens is 320 g/mol. The van der Waals surface area contributed by atoms with E-state index < -0.39 is 0 Å². The first-order valence-electron chi connectivity index (χ1n) is 6.14. The van der Waals surface area contributed by atoms with Crippen LogP contribution in [-0.4, -0.2) is 13.9 Å². The number of hydrogen-bond donors (Lipinski definition) is 1. The first-order chi connectivity index (χ1) is 7.04. The van der Waals surface area contributed by atoms with Gasteiger partial charge in [0.15, 0.2) is 0 Å². The fourth-order valence-corrected chi connectivity index (χ4v) is 5.49. The summed E-state index contributed by atoms with van der Waals surface area (Å²) in [5.74, 6) is 1.93. The molecule has 0 aromatic heterocycles. The van der Waals surface area contributed by atoms with Gasteiger partial charge in [0.2, 0.25) is 0 Å². The lowest BCUT2D eigenvalue weighted by atomic mass is 9.74. The SMILES string of the molecule is OC1(C2CCCCC2)CC2C(C1)C2(Br)Br. The van der Waals surface area contributed by atoms with E-state index in [1.165, 1.54) is 32.1 Å². The molecule has 3 rings (SSSR count). The highest BCUT2D eigenvalue weighted by Gasteiger charge is 2.70. The van der Waals surface area contributed by atoms with Gasteiger partial charge in [0.05, 0.1) is 8.83 Å². The van der Waals surface area contributed by atoms with Crippen LogP contribution in [0.5, 0.6) is 0 Å². The summed E-state index contributed by atoms with van der Waals surface area (Å²) in [6.45, 7) is 0. The Morgan fingerprint density at radius 3 is 2.00 bits per heavy atom. The van der Waals surface area contributed by atoms with Crippen molar-refractivity contribution in [2.75, 3.05) is 0 Å². The molecule has 3 saturated carbocycles. The largest absolute Gasteiger partial charge is 0.390 e. The van der Waals surface area contributed by atoms with Gasteiger partial charge >= 0.3 is 0 Å². The summed E-state index contributed by atoms with van der Waals surface area (Å²) < 4.78 is 0.181. The minimum Gasteiger partial charge on any atom is -0.390 e. The normalized spacial score (nSPS) is 49.0. The van der Waals surface area contributed by atoms with E-state index in [1.807, 2.05) is 0 Å². The maximum atomic E-state index is 10.7. The van der Waals surface area contributed by atoms with E-state index in [0.717, 1.165) is 12.8 Å². The Bertz CT molecular complexity index is 257. The standard InChI is InChI=1S/C12H18Br2O/c13-12(14)9-6-11(15,7-10(9)12)8-4-2-1-3-5-8/h8-10,15H,1-7H2. The number of aliphatic hydroxyl groups is 1. The predicted octanol–water partition coefficient (Wildman–Crippen LogP) is 3.82. The maximum Gasteiger partial charge on any atom is 0.0870 e. The van der Waals surface area contributed by atoms with Gasteiger partial charge in [-0.3, -0.25) is 0 Å². The van der Waals surface area contributed by atoms with E-state index in [-0.39, 0.29) is 8.83 Å². The highest BCUT2D eigenvalue weighted by Crippen LogP contribution is 2.72. The highest BCUT2D eigenvalue weighted by molar-refractivity contribution is 9.25. The lowest BCUT2D eigenvalue weighted by Crippen LogP contribution is -2.39. The molecule has 2 atom stereocenters. The van der Waals surface area contributed by atoms with Gasteiger partial charge in [-0.25, -0.2) is 0 Å². The van der Waals surface area contributed by atoms with Crippen LogP contribution in [0.15, 0.2) is 0 Å². The Hall–Kier alpha value is 0.920. The van der Waals surface area contributed by atoms with Crippen molar-refractivity contribution in [3.63, 3.8) is 0 Å². The van der Waals surface area contributed by atoms with Crippen molar-refractivity contribution < 1.29 is 5.11 Å². The summed E-state index contributed by atoms with van der Waals surface area (Å²) in [5.41, 5.74) is -0.319. The van der Waals surface area contributed by atoms with E-state index in [2.05, 4.69) is 31.9 Å². The van der Waals surface area contributed by atoms with Crippen LogP contribution < -0.4 is 0 Å². The van der Waals surface area contributed by atoms with Gasteiger partial charge in [0.25, 0.3) is 0 Å². The summed E-state index contributed by atoms with van der Waals surface area (Å²) in [6.07, 6.45) is 8.57. The number of hydrogen-bond acceptors (Lipinski definition) is 1. The van der Waals surface area contributed by atoms with Crippen LogP contribution >= 0.6 is 31.9 Å². The van der Waals surface area contributed by atoms with E-state index in [4.69, 9.17) is 0 Å². The molecule has 1 N–H and O–H groups in total. The molecule has 3 aliphatic carbocycles. The average molecular weight is 338 g/mol. The van der Waals surface area contributed by atoms with Gasteiger partial charge in [-0.15, -0.1) is 0 Å². The van der Waals surface area contributed by atoms with Crippen molar-refractivity contribution in [2.24, 2.45) is 17.8 Å². The number of alkyl halides is 2. The van der Waals surface area contributed by atoms with Crippen LogP contribution in [0, 0.1) is 17.8 Å². The molecule has 3 fully saturated rings. The van der Waals surface area contributed by atoms with Gasteiger partial charge in [0, 0.05) is 0 Å². The molecule has 0 saturated heterocycles. The highest BCUT2D eigenvalue weighted by atomic mass is 79.9. The van der Waals surface area contributed by atoms with E-state index in [1.54, 1.807) is 0 Å². The smallest absolute Gasteiger partial charge is 0.0870 e. The summed E-state index contributed by atoms with van der Waals surface area (Å²) in [5, 5.41) is 10.7. The first-order valence-corrected chi connectivity index (χ1v) is 7.73. The average Bonchev–Trinajstić information content (AvgIpc) is 2.63. The zero-order valence-corrected chi connectivity index (χ0v) is 12.1. The number of halogens is 2. The summed E-state index contributed by atoms with van der Waals surface area (Å²) in [4.78, 5) is 0. The van der Waals surface area contributed by atoms with Crippen LogP contribution in [0.25, 0.3) is 0 Å². The lowest BCUT2D eigenvalue weighted by Gasteiger charge is -2.37. The number of fused-ring (bicyclic) bond motifs is 1. The molecule has 0 bridgehead atoms. The van der Waals surface area contributed by atoms with Crippen molar-refractivity contribution in [1.29, 1.82) is 0 Å². The molecule has 15 heavy (non-hydrogen) atoms. The lowest BCUT2D eigenvalue weighted by molar-refractivity contribution is -0.0368. The summed E-state index contributed by atoms with van der Waals surface area (Å²) in [6, 6.07) is 0. The van der Waals surface area contributed by atoms with Crippen molar-refractivity contribution in [3.05, 3.63) is 0 Å². The van der Waals surface area contributed by atoms with Crippen molar-refractivity contribution in [3.8, 4) is 0 Å². The minimum absolute atomic E-state index is 0.181. The maximum absolute atomic E-state index is 10.7. The Labute approximate surface area is 108 Å². The van der Waals surface area contributed by atoms with E-state index >= 15 is 0 Å². The van der Waals surface area contributed by atoms with Crippen molar-refractivity contribution >= 4 is 31.9 Å². The zero-order chi connectivity index (χ0) is 10.7. The minimum atomic E-state index is -0.319. The Morgan fingerprint density at radius 1 is 0.933 bits per heavy atom. The van der Waals surface area contributed by atoms with Crippen LogP contribution in [-0.2, 0) is 0 Å². The summed E-state index contributed by atoms with van der Waals surface area (Å²) >= 11 is 7.42. The van der Waals surface area contributed by atoms with Crippen molar-refractivity contribution in [1.82, 2.24) is 0 Å². The molecule has 0 heterocycles. The molecular formula is C12H18Br2O. The predicted molar refractivity (Wildman–Crippen MR) is 68.3 cm³/mol. The molecule has 0 radical (unpaired) electrons. The fourth-order valence-electron chi connectivity index (χ4n) is 3.84. The molecule has 0 amide bonds. The van der Waals surface area contributed by atoms with Crippen molar-refractivity contribution in [2.45, 2.75) is 53.8 Å². The van der Waals surface area contributed by atoms with Crippen LogP contribution in [0.1, 0.15) is 44.9 Å². The number of rotatable bonds is 1. The van der Waals surface area contributed by atoms with Gasteiger partial charge < -0.3 is 5.11 Å². The fraction of sp³-hybridized carbons (Fsp3) is 1.00. The molecule has 3 aliphatic rings. The first kappa shape index (κ1) is 11.0. The monoisotopic (exact) mass is 336 g/mol. The van der Waals surface area contributed by atoms with Gasteiger partial charge in [-0.05, 0) is 43.4 Å². The topological polar surface area (TPSA) is 20.2 Å². The second-order valence-corrected chi connectivity index (χ2v) is 9.42. The van der Waals surface area contributed by atoms with Crippen LogP contribution in [0.3, 0.4) is 0 Å². The van der Waals surface area contributed by atoms with E-state index in [9.17, 15) is 5.11 Å². The molecule has 1 nitrogen and oxygen atoms in total. The Morgan fingerprint density at radius 2 is 1.47 bits per heavy atom. The quantitative estimate of drug-likeness (QED) is 0.721. The third-order valence-electron chi connectivity index (χ3n) is 4.88. The van der Waals surface area contributed by atoms with E-state index in [0.29, 0.717) is 17.8 Å². The van der Waals surface area contributed by atoms with Gasteiger partial charge in [-0.1, -0.05) is 51.1 Å². The second kappa shape index (κ2) is 3.46. The van der Waals surface area contributed by atoms with Crippen LogP contribution in [0.2, 0.25) is 0 Å². The molecule has 0 aromatic carbocycles. The molecule has 0 aliphatic heterocycles. The Balaban J connectivity index is 1.68. The third kappa shape index (κ3) is 1.64. The van der Waals surface area contributed by atoms with Crippen LogP contribution in [0.4, 0.5) is 0 Å². The third-order valence-corrected chi connectivity index (χ3v) is 7.23. The molecule has 0 aromatic rings. The van der Waals surface area contributed by atoms with Gasteiger partial charge in [-0.2, -0.15) is 0 Å². The molecule has 2 unspecified atom stereocenters. The van der Waals surface area contributed by atoms with Gasteiger partial charge in [0.1, 0.15) is 0 Å². The zero-order valence-electron chi connectivity index (χ0n) is 8.88.